The number of anilines is 1. The third-order valence-corrected chi connectivity index (χ3v) is 5.73. The quantitative estimate of drug-likeness (QED) is 0.699. The highest BCUT2D eigenvalue weighted by atomic mass is 16.3. The number of pyridine rings is 1. The van der Waals surface area contributed by atoms with Gasteiger partial charge in [-0.2, -0.15) is 0 Å². The molecule has 1 unspecified atom stereocenters. The van der Waals surface area contributed by atoms with Gasteiger partial charge in [0.2, 0.25) is 0 Å². The summed E-state index contributed by atoms with van der Waals surface area (Å²) >= 11 is 0. The van der Waals surface area contributed by atoms with Crippen molar-refractivity contribution in [2.24, 2.45) is 13.0 Å². The van der Waals surface area contributed by atoms with Gasteiger partial charge in [0.1, 0.15) is 11.8 Å². The van der Waals surface area contributed by atoms with Crippen molar-refractivity contribution in [1.82, 2.24) is 9.55 Å². The Morgan fingerprint density at radius 3 is 2.54 bits per heavy atom. The predicted molar refractivity (Wildman–Crippen MR) is 115 cm³/mol. The fourth-order valence-electron chi connectivity index (χ4n) is 4.01. The second-order valence-corrected chi connectivity index (χ2v) is 7.95. The van der Waals surface area contributed by atoms with Crippen LogP contribution in [-0.2, 0) is 7.05 Å². The lowest BCUT2D eigenvalue weighted by Crippen LogP contribution is -2.14. The highest BCUT2D eigenvalue weighted by Crippen LogP contribution is 2.29. The molecule has 1 aliphatic carbocycles. The van der Waals surface area contributed by atoms with Crippen LogP contribution in [0.15, 0.2) is 42.7 Å². The molecule has 1 aromatic carbocycles. The van der Waals surface area contributed by atoms with Gasteiger partial charge in [-0.15, -0.1) is 0 Å². The van der Waals surface area contributed by atoms with Gasteiger partial charge >= 0.3 is 0 Å². The maximum Gasteiger partial charge on any atom is 0.140 e. The van der Waals surface area contributed by atoms with Crippen LogP contribution in [0, 0.1) is 17.8 Å². The number of aromatic nitrogens is 2. The van der Waals surface area contributed by atoms with Gasteiger partial charge in [-0.25, -0.2) is 4.98 Å². The van der Waals surface area contributed by atoms with Crippen LogP contribution in [0.1, 0.15) is 31.2 Å². The number of nitrogens with zero attached hydrogens (tertiary/aromatic N) is 3. The van der Waals surface area contributed by atoms with Crippen LogP contribution in [0.2, 0.25) is 0 Å². The lowest BCUT2D eigenvalue weighted by Gasteiger charge is -2.12. The highest BCUT2D eigenvalue weighted by molar-refractivity contribution is 5.87. The summed E-state index contributed by atoms with van der Waals surface area (Å²) < 4.78 is 2.00. The molecule has 1 N–H and O–H groups in total. The Kier molecular flexibility index (Phi) is 5.11. The molecule has 4 heteroatoms. The van der Waals surface area contributed by atoms with Crippen molar-refractivity contribution in [1.29, 1.82) is 0 Å². The van der Waals surface area contributed by atoms with Crippen molar-refractivity contribution >= 4 is 16.7 Å². The summed E-state index contributed by atoms with van der Waals surface area (Å²) in [6, 6.07) is 10.6. The van der Waals surface area contributed by atoms with Crippen LogP contribution < -0.4 is 4.90 Å². The summed E-state index contributed by atoms with van der Waals surface area (Å²) in [6.45, 7) is 0. The second-order valence-electron chi connectivity index (χ2n) is 7.95. The third kappa shape index (κ3) is 3.63. The number of aryl methyl sites for hydroxylation is 1. The van der Waals surface area contributed by atoms with Crippen molar-refractivity contribution in [3.05, 3.63) is 48.3 Å². The molecule has 0 amide bonds. The van der Waals surface area contributed by atoms with E-state index < -0.39 is 6.10 Å². The smallest absolute Gasteiger partial charge is 0.140 e. The summed E-state index contributed by atoms with van der Waals surface area (Å²) in [5.74, 6) is 6.63. The molecule has 0 spiro atoms. The largest absolute Gasteiger partial charge is 0.380 e. The fourth-order valence-corrected chi connectivity index (χ4v) is 4.01. The molecule has 2 aromatic heterocycles. The van der Waals surface area contributed by atoms with Crippen LogP contribution in [-0.4, -0.2) is 34.9 Å². The van der Waals surface area contributed by atoms with Crippen LogP contribution in [0.3, 0.4) is 0 Å². The molecular formula is C24H27N3O. The Labute approximate surface area is 166 Å². The summed E-state index contributed by atoms with van der Waals surface area (Å²) in [5.41, 5.74) is 5.21. The van der Waals surface area contributed by atoms with Crippen LogP contribution in [0.25, 0.3) is 22.2 Å². The molecule has 1 atom stereocenters. The molecule has 4 nitrogen and oxygen atoms in total. The molecule has 0 aliphatic heterocycles. The molecule has 28 heavy (non-hydrogen) atoms. The van der Waals surface area contributed by atoms with E-state index in [4.69, 9.17) is 0 Å². The zero-order valence-corrected chi connectivity index (χ0v) is 16.8. The lowest BCUT2D eigenvalue weighted by atomic mass is 10.0. The monoisotopic (exact) mass is 373 g/mol. The maximum atomic E-state index is 10.4. The Morgan fingerprint density at radius 2 is 1.86 bits per heavy atom. The summed E-state index contributed by atoms with van der Waals surface area (Å²) in [6.07, 6.45) is 7.96. The Bertz CT molecular complexity index is 1030. The first kappa shape index (κ1) is 18.6. The van der Waals surface area contributed by atoms with E-state index in [1.807, 2.05) is 38.1 Å². The number of hydrogen-bond donors (Lipinski definition) is 1. The first-order chi connectivity index (χ1) is 13.5. The number of benzene rings is 1. The van der Waals surface area contributed by atoms with Gasteiger partial charge < -0.3 is 14.6 Å². The van der Waals surface area contributed by atoms with Crippen LogP contribution >= 0.6 is 0 Å². The SMILES string of the molecule is CN(C)c1ccc(-c2cnc3c(c2)c(C#CC(O)C2CCCC2)cn3C)cc1. The molecule has 1 aliphatic rings. The number of fused-ring (bicyclic) bond motifs is 1. The molecule has 0 radical (unpaired) electrons. The van der Waals surface area contributed by atoms with Crippen molar-refractivity contribution < 1.29 is 5.11 Å². The molecule has 0 saturated heterocycles. The van der Waals surface area contributed by atoms with Crippen molar-refractivity contribution in [2.45, 2.75) is 31.8 Å². The number of aliphatic hydroxyl groups is 1. The van der Waals surface area contributed by atoms with Crippen molar-refractivity contribution in [3.8, 4) is 23.0 Å². The Hall–Kier alpha value is -2.77. The zero-order chi connectivity index (χ0) is 19.7. The van der Waals surface area contributed by atoms with Crippen molar-refractivity contribution in [2.75, 3.05) is 19.0 Å². The molecular weight excluding hydrogens is 346 g/mol. The van der Waals surface area contributed by atoms with Gasteiger partial charge in [-0.05, 0) is 42.5 Å². The first-order valence-corrected chi connectivity index (χ1v) is 9.95. The summed E-state index contributed by atoms with van der Waals surface area (Å²) in [4.78, 5) is 6.75. The Balaban J connectivity index is 1.68. The number of hydrogen-bond acceptors (Lipinski definition) is 3. The van der Waals surface area contributed by atoms with E-state index in [1.165, 1.54) is 18.5 Å². The molecule has 3 aromatic rings. The van der Waals surface area contributed by atoms with Crippen molar-refractivity contribution in [3.63, 3.8) is 0 Å². The average molecular weight is 374 g/mol. The molecule has 4 rings (SSSR count). The lowest BCUT2D eigenvalue weighted by molar-refractivity contribution is 0.165. The fraction of sp³-hybridized carbons (Fsp3) is 0.375. The standard InChI is InChI=1S/C24H27N3O/c1-26(2)21-11-8-17(9-12-21)20-14-22-19(16-27(3)24(22)25-15-20)10-13-23(28)18-6-4-5-7-18/h8-9,11-12,14-16,18,23,28H,4-7H2,1-3H3. The topological polar surface area (TPSA) is 41.3 Å². The molecule has 1 fully saturated rings. The average Bonchev–Trinajstić information content (AvgIpc) is 3.35. The molecule has 144 valence electrons. The molecule has 1 saturated carbocycles. The normalized spacial score (nSPS) is 15.4. The minimum Gasteiger partial charge on any atom is -0.380 e. The number of aliphatic hydroxyl groups excluding tert-OH is 1. The van der Waals surface area contributed by atoms with E-state index in [2.05, 4.69) is 52.1 Å². The first-order valence-electron chi connectivity index (χ1n) is 9.95. The van der Waals surface area contributed by atoms with E-state index in [9.17, 15) is 5.11 Å². The highest BCUT2D eigenvalue weighted by Gasteiger charge is 2.21. The van der Waals surface area contributed by atoms with E-state index in [0.29, 0.717) is 5.92 Å². The second kappa shape index (κ2) is 7.69. The summed E-state index contributed by atoms with van der Waals surface area (Å²) in [7, 11) is 6.06. The van der Waals surface area contributed by atoms with E-state index in [0.717, 1.165) is 40.6 Å². The van der Waals surface area contributed by atoms with Gasteiger partial charge in [0.05, 0.1) is 5.56 Å². The Morgan fingerprint density at radius 1 is 1.14 bits per heavy atom. The van der Waals surface area contributed by atoms with Gasteiger partial charge in [0, 0.05) is 50.2 Å². The minimum absolute atomic E-state index is 0.325. The maximum absolute atomic E-state index is 10.4. The van der Waals surface area contributed by atoms with Gasteiger partial charge in [0.15, 0.2) is 0 Å². The third-order valence-electron chi connectivity index (χ3n) is 5.73. The number of rotatable bonds is 3. The predicted octanol–water partition coefficient (Wildman–Crippen LogP) is 4.21. The molecule has 0 bridgehead atoms. The van der Waals surface area contributed by atoms with Crippen LogP contribution in [0.4, 0.5) is 5.69 Å². The minimum atomic E-state index is -0.535. The van der Waals surface area contributed by atoms with Crippen LogP contribution in [0.5, 0.6) is 0 Å². The van der Waals surface area contributed by atoms with Gasteiger partial charge in [-0.1, -0.05) is 36.8 Å². The molecule has 2 heterocycles. The van der Waals surface area contributed by atoms with E-state index in [1.54, 1.807) is 0 Å². The van der Waals surface area contributed by atoms with Gasteiger partial charge in [-0.3, -0.25) is 0 Å². The van der Waals surface area contributed by atoms with E-state index >= 15 is 0 Å². The van der Waals surface area contributed by atoms with Gasteiger partial charge in [0.25, 0.3) is 0 Å². The summed E-state index contributed by atoms with van der Waals surface area (Å²) in [5, 5.41) is 11.4. The van der Waals surface area contributed by atoms with E-state index in [-0.39, 0.29) is 0 Å². The zero-order valence-electron chi connectivity index (χ0n) is 16.8.